The number of para-hydroxylation sites is 1. The minimum atomic E-state index is -0.0297. The van der Waals surface area contributed by atoms with Gasteiger partial charge in [-0.25, -0.2) is 0 Å². The van der Waals surface area contributed by atoms with Crippen LogP contribution in [0.2, 0.25) is 0 Å². The van der Waals surface area contributed by atoms with Gasteiger partial charge in [0.15, 0.2) is 0 Å². The van der Waals surface area contributed by atoms with Crippen LogP contribution in [-0.2, 0) is 11.2 Å². The fourth-order valence-electron chi connectivity index (χ4n) is 6.12. The van der Waals surface area contributed by atoms with Gasteiger partial charge in [-0.3, -0.25) is 4.79 Å². The first-order valence-corrected chi connectivity index (χ1v) is 9.22. The van der Waals surface area contributed by atoms with Crippen molar-refractivity contribution in [3.63, 3.8) is 0 Å². The van der Waals surface area contributed by atoms with E-state index in [9.17, 15) is 4.79 Å². The molecule has 0 saturated heterocycles. The second kappa shape index (κ2) is 4.99. The van der Waals surface area contributed by atoms with Gasteiger partial charge in [-0.2, -0.15) is 0 Å². The Morgan fingerprint density at radius 1 is 1.04 bits per heavy atom. The molecule has 0 radical (unpaired) electrons. The Balaban J connectivity index is 1.31. The molecule has 122 valence electrons. The number of rotatable bonds is 2. The highest BCUT2D eigenvalue weighted by atomic mass is 16.5. The van der Waals surface area contributed by atoms with Crippen molar-refractivity contribution >= 4 is 5.91 Å². The molecule has 1 amide bonds. The Bertz CT molecular complexity index is 603. The van der Waals surface area contributed by atoms with Crippen LogP contribution in [0.5, 0.6) is 5.75 Å². The molecule has 4 aliphatic carbocycles. The van der Waals surface area contributed by atoms with E-state index in [1.807, 2.05) is 18.2 Å². The standard InChI is InChI=1S/C20H25NO2/c22-19(17-8-16-3-1-2-4-18(16)23-12-17)21-20-9-13-5-14(10-20)7-15(6-13)11-20/h1-4,13-15,17H,5-12H2,(H,21,22)/t13?,14?,15?,17-,20?/m1/s1. The van der Waals surface area contributed by atoms with Gasteiger partial charge in [0.2, 0.25) is 5.91 Å². The van der Waals surface area contributed by atoms with Crippen molar-refractivity contribution in [2.24, 2.45) is 23.7 Å². The smallest absolute Gasteiger partial charge is 0.227 e. The summed E-state index contributed by atoms with van der Waals surface area (Å²) in [7, 11) is 0. The molecule has 1 aromatic carbocycles. The lowest BCUT2D eigenvalue weighted by Gasteiger charge is -2.57. The van der Waals surface area contributed by atoms with Crippen molar-refractivity contribution in [3.8, 4) is 5.75 Å². The summed E-state index contributed by atoms with van der Waals surface area (Å²) in [6, 6.07) is 8.11. The summed E-state index contributed by atoms with van der Waals surface area (Å²) in [5.41, 5.74) is 1.28. The summed E-state index contributed by atoms with van der Waals surface area (Å²) >= 11 is 0. The zero-order valence-corrected chi connectivity index (χ0v) is 13.6. The molecule has 3 nitrogen and oxygen atoms in total. The second-order valence-electron chi connectivity index (χ2n) is 8.51. The van der Waals surface area contributed by atoms with Gasteiger partial charge in [-0.05, 0) is 74.3 Å². The fraction of sp³-hybridized carbons (Fsp3) is 0.650. The number of amides is 1. The molecule has 1 heterocycles. The normalized spacial score (nSPS) is 40.3. The Kier molecular flexibility index (Phi) is 3.01. The van der Waals surface area contributed by atoms with Crippen molar-refractivity contribution in [3.05, 3.63) is 29.8 Å². The Morgan fingerprint density at radius 2 is 1.70 bits per heavy atom. The zero-order valence-electron chi connectivity index (χ0n) is 13.6. The maximum absolute atomic E-state index is 12.9. The number of carbonyl (C=O) groups excluding carboxylic acids is 1. The van der Waals surface area contributed by atoms with Crippen LogP contribution in [0.25, 0.3) is 0 Å². The number of ether oxygens (including phenoxy) is 1. The molecular formula is C20H25NO2. The van der Waals surface area contributed by atoms with Gasteiger partial charge in [0.25, 0.3) is 0 Å². The summed E-state index contributed by atoms with van der Waals surface area (Å²) in [5.74, 6) is 3.74. The van der Waals surface area contributed by atoms with Crippen molar-refractivity contribution in [2.75, 3.05) is 6.61 Å². The van der Waals surface area contributed by atoms with Gasteiger partial charge in [-0.1, -0.05) is 18.2 Å². The third-order valence-electron chi connectivity index (χ3n) is 6.68. The van der Waals surface area contributed by atoms with Crippen molar-refractivity contribution in [1.29, 1.82) is 0 Å². The Morgan fingerprint density at radius 3 is 2.39 bits per heavy atom. The van der Waals surface area contributed by atoms with Crippen LogP contribution < -0.4 is 10.1 Å². The number of hydrogen-bond acceptors (Lipinski definition) is 2. The molecular weight excluding hydrogens is 286 g/mol. The van der Waals surface area contributed by atoms with Gasteiger partial charge in [0, 0.05) is 5.54 Å². The van der Waals surface area contributed by atoms with Crippen molar-refractivity contribution in [2.45, 2.75) is 50.5 Å². The highest BCUT2D eigenvalue weighted by Crippen LogP contribution is 2.55. The van der Waals surface area contributed by atoms with Crippen LogP contribution in [0.15, 0.2) is 24.3 Å². The van der Waals surface area contributed by atoms with Gasteiger partial charge in [-0.15, -0.1) is 0 Å². The summed E-state index contributed by atoms with van der Waals surface area (Å²) in [4.78, 5) is 12.9. The monoisotopic (exact) mass is 311 g/mol. The van der Waals surface area contributed by atoms with E-state index in [1.54, 1.807) is 0 Å². The first-order valence-electron chi connectivity index (χ1n) is 9.22. The van der Waals surface area contributed by atoms with Crippen LogP contribution in [0.4, 0.5) is 0 Å². The minimum Gasteiger partial charge on any atom is -0.492 e. The van der Waals surface area contributed by atoms with E-state index in [4.69, 9.17) is 4.74 Å². The number of hydrogen-bond donors (Lipinski definition) is 1. The van der Waals surface area contributed by atoms with Gasteiger partial charge < -0.3 is 10.1 Å². The number of carbonyl (C=O) groups is 1. The predicted molar refractivity (Wildman–Crippen MR) is 88.2 cm³/mol. The molecule has 4 bridgehead atoms. The van der Waals surface area contributed by atoms with E-state index in [2.05, 4.69) is 11.4 Å². The van der Waals surface area contributed by atoms with E-state index >= 15 is 0 Å². The van der Waals surface area contributed by atoms with Crippen LogP contribution in [0.3, 0.4) is 0 Å². The molecule has 1 aliphatic heterocycles. The summed E-state index contributed by atoms with van der Waals surface area (Å²) in [5, 5.41) is 3.51. The first-order chi connectivity index (χ1) is 11.2. The average Bonchev–Trinajstić information content (AvgIpc) is 2.52. The van der Waals surface area contributed by atoms with E-state index in [0.717, 1.165) is 29.9 Å². The topological polar surface area (TPSA) is 38.3 Å². The average molecular weight is 311 g/mol. The molecule has 23 heavy (non-hydrogen) atoms. The van der Waals surface area contributed by atoms with Gasteiger partial charge >= 0.3 is 0 Å². The van der Waals surface area contributed by atoms with Crippen LogP contribution in [0, 0.1) is 23.7 Å². The minimum absolute atomic E-state index is 0.0297. The predicted octanol–water partition coefficient (Wildman–Crippen LogP) is 3.32. The maximum atomic E-state index is 12.9. The molecule has 1 atom stereocenters. The molecule has 4 saturated carbocycles. The molecule has 4 fully saturated rings. The zero-order chi connectivity index (χ0) is 15.4. The number of fused-ring (bicyclic) bond motifs is 1. The lowest BCUT2D eigenvalue weighted by atomic mass is 9.53. The SMILES string of the molecule is O=C(NC12CC3CC(CC(C3)C1)C2)[C@H]1COc2ccccc2C1. The molecule has 0 aromatic heterocycles. The molecule has 1 aromatic rings. The Hall–Kier alpha value is -1.51. The third-order valence-corrected chi connectivity index (χ3v) is 6.68. The molecule has 5 aliphatic rings. The second-order valence-corrected chi connectivity index (χ2v) is 8.51. The lowest BCUT2D eigenvalue weighted by Crippen LogP contribution is -2.61. The number of nitrogens with one attached hydrogen (secondary N) is 1. The molecule has 6 rings (SSSR count). The summed E-state index contributed by atoms with van der Waals surface area (Å²) in [6.45, 7) is 0.523. The maximum Gasteiger partial charge on any atom is 0.227 e. The quantitative estimate of drug-likeness (QED) is 0.910. The summed E-state index contributed by atoms with van der Waals surface area (Å²) < 4.78 is 5.82. The molecule has 1 N–H and O–H groups in total. The van der Waals surface area contributed by atoms with E-state index in [1.165, 1.54) is 44.1 Å². The van der Waals surface area contributed by atoms with Crippen molar-refractivity contribution < 1.29 is 9.53 Å². The van der Waals surface area contributed by atoms with Crippen molar-refractivity contribution in [1.82, 2.24) is 5.32 Å². The summed E-state index contributed by atoms with van der Waals surface area (Å²) in [6.07, 6.45) is 8.70. The Labute approximate surface area is 137 Å². The van der Waals surface area contributed by atoms with Crippen LogP contribution in [0.1, 0.15) is 44.1 Å². The largest absolute Gasteiger partial charge is 0.492 e. The highest BCUT2D eigenvalue weighted by Gasteiger charge is 2.51. The van der Waals surface area contributed by atoms with Crippen LogP contribution in [-0.4, -0.2) is 18.1 Å². The third kappa shape index (κ3) is 2.36. The van der Waals surface area contributed by atoms with E-state index in [0.29, 0.717) is 6.61 Å². The molecule has 0 spiro atoms. The van der Waals surface area contributed by atoms with E-state index < -0.39 is 0 Å². The van der Waals surface area contributed by atoms with Gasteiger partial charge in [0.05, 0.1) is 5.92 Å². The molecule has 0 unspecified atom stereocenters. The highest BCUT2D eigenvalue weighted by molar-refractivity contribution is 5.80. The molecule has 3 heteroatoms. The fourth-order valence-corrected chi connectivity index (χ4v) is 6.12. The lowest BCUT2D eigenvalue weighted by molar-refractivity contribution is -0.132. The van der Waals surface area contributed by atoms with Gasteiger partial charge in [0.1, 0.15) is 12.4 Å². The van der Waals surface area contributed by atoms with Crippen LogP contribution >= 0.6 is 0 Å². The number of benzene rings is 1. The first kappa shape index (κ1) is 13.9. The van der Waals surface area contributed by atoms with E-state index in [-0.39, 0.29) is 17.4 Å².